The molecule has 3 rings (SSSR count). The summed E-state index contributed by atoms with van der Waals surface area (Å²) in [7, 11) is 0. The molecule has 1 saturated carbocycles. The highest BCUT2D eigenvalue weighted by molar-refractivity contribution is 5.92. The zero-order valence-electron chi connectivity index (χ0n) is 11.4. The maximum atomic E-state index is 12.1. The third kappa shape index (κ3) is 2.40. The zero-order valence-corrected chi connectivity index (χ0v) is 11.4. The topological polar surface area (TPSA) is 71.1 Å². The molecular formula is C15H19N3O2. The van der Waals surface area contributed by atoms with Crippen molar-refractivity contribution >= 4 is 11.8 Å². The van der Waals surface area contributed by atoms with Crippen LogP contribution >= 0.6 is 0 Å². The molecule has 2 heterocycles. The van der Waals surface area contributed by atoms with E-state index in [9.17, 15) is 9.59 Å². The van der Waals surface area contributed by atoms with Crippen LogP contribution in [0.25, 0.3) is 0 Å². The molecule has 0 aromatic carbocycles. The van der Waals surface area contributed by atoms with Gasteiger partial charge in [0, 0.05) is 18.8 Å². The molecule has 2 atom stereocenters. The van der Waals surface area contributed by atoms with E-state index in [4.69, 9.17) is 0 Å². The van der Waals surface area contributed by atoms with Gasteiger partial charge in [0.15, 0.2) is 0 Å². The van der Waals surface area contributed by atoms with E-state index in [1.807, 2.05) is 0 Å². The van der Waals surface area contributed by atoms with Crippen LogP contribution < -0.4 is 10.6 Å². The van der Waals surface area contributed by atoms with Crippen LogP contribution in [0.3, 0.4) is 0 Å². The van der Waals surface area contributed by atoms with E-state index in [0.717, 1.165) is 38.6 Å². The molecule has 20 heavy (non-hydrogen) atoms. The molecule has 106 valence electrons. The van der Waals surface area contributed by atoms with Gasteiger partial charge in [-0.3, -0.25) is 14.6 Å². The first kappa shape index (κ1) is 13.1. The molecule has 2 N–H and O–H groups in total. The number of nitrogens with zero attached hydrogens (tertiary/aromatic N) is 1. The Kier molecular flexibility index (Phi) is 3.42. The van der Waals surface area contributed by atoms with Crippen molar-refractivity contribution in [2.75, 3.05) is 6.54 Å². The average molecular weight is 273 g/mol. The van der Waals surface area contributed by atoms with Crippen LogP contribution in [-0.4, -0.2) is 29.4 Å². The zero-order chi connectivity index (χ0) is 14.0. The van der Waals surface area contributed by atoms with Gasteiger partial charge in [-0.05, 0) is 37.8 Å². The first-order chi connectivity index (χ1) is 9.70. The maximum absolute atomic E-state index is 12.1. The van der Waals surface area contributed by atoms with Crippen LogP contribution in [0.1, 0.15) is 42.6 Å². The summed E-state index contributed by atoms with van der Waals surface area (Å²) in [4.78, 5) is 28.2. The number of hydrogen-bond acceptors (Lipinski definition) is 3. The molecule has 5 heteroatoms. The van der Waals surface area contributed by atoms with Crippen molar-refractivity contribution in [2.45, 2.75) is 38.1 Å². The van der Waals surface area contributed by atoms with Crippen molar-refractivity contribution in [3.63, 3.8) is 0 Å². The highest BCUT2D eigenvalue weighted by atomic mass is 16.2. The lowest BCUT2D eigenvalue weighted by Gasteiger charge is -2.36. The Labute approximate surface area is 118 Å². The summed E-state index contributed by atoms with van der Waals surface area (Å²) in [5.74, 6) is 0.0142. The van der Waals surface area contributed by atoms with Crippen LogP contribution in [0.2, 0.25) is 0 Å². The van der Waals surface area contributed by atoms with Crippen molar-refractivity contribution in [3.8, 4) is 0 Å². The van der Waals surface area contributed by atoms with Crippen molar-refractivity contribution in [2.24, 2.45) is 5.41 Å². The van der Waals surface area contributed by atoms with E-state index in [1.54, 1.807) is 24.4 Å². The summed E-state index contributed by atoms with van der Waals surface area (Å²) in [5.41, 5.74) is 0.184. The van der Waals surface area contributed by atoms with Crippen molar-refractivity contribution in [1.29, 1.82) is 0 Å². The number of rotatable bonds is 2. The second-order valence-electron chi connectivity index (χ2n) is 5.77. The van der Waals surface area contributed by atoms with Gasteiger partial charge < -0.3 is 10.6 Å². The molecule has 1 aliphatic carbocycles. The van der Waals surface area contributed by atoms with Crippen LogP contribution in [0.4, 0.5) is 0 Å². The van der Waals surface area contributed by atoms with E-state index in [1.165, 1.54) is 0 Å². The van der Waals surface area contributed by atoms with E-state index in [-0.39, 0.29) is 23.3 Å². The Balaban J connectivity index is 1.66. The Bertz CT molecular complexity index is 517. The number of nitrogens with one attached hydrogen (secondary N) is 2. The summed E-state index contributed by atoms with van der Waals surface area (Å²) < 4.78 is 0. The highest BCUT2D eigenvalue weighted by Crippen LogP contribution is 2.41. The van der Waals surface area contributed by atoms with Gasteiger partial charge >= 0.3 is 0 Å². The standard InChI is InChI=1S/C15H19N3O2/c19-13(12-5-1-2-8-16-12)18-11-4-3-6-15(10-11)7-9-17-14(15)20/h1-2,5,8,11H,3-4,6-7,9-10H2,(H,17,20)(H,18,19). The number of hydrogen-bond donors (Lipinski definition) is 2. The molecular weight excluding hydrogens is 254 g/mol. The lowest BCUT2D eigenvalue weighted by atomic mass is 9.71. The molecule has 2 amide bonds. The number of aromatic nitrogens is 1. The first-order valence-electron chi connectivity index (χ1n) is 7.20. The number of carbonyl (C=O) groups is 2. The van der Waals surface area contributed by atoms with E-state index >= 15 is 0 Å². The van der Waals surface area contributed by atoms with E-state index < -0.39 is 0 Å². The van der Waals surface area contributed by atoms with Crippen LogP contribution in [0.5, 0.6) is 0 Å². The number of carbonyl (C=O) groups excluding carboxylic acids is 2. The fourth-order valence-corrected chi connectivity index (χ4v) is 3.39. The SMILES string of the molecule is O=C(NC1CCCC2(CCNC2=O)C1)c1ccccn1. The largest absolute Gasteiger partial charge is 0.356 e. The molecule has 1 aromatic rings. The molecule has 2 unspecified atom stereocenters. The monoisotopic (exact) mass is 273 g/mol. The smallest absolute Gasteiger partial charge is 0.270 e. The van der Waals surface area contributed by atoms with Gasteiger partial charge in [0.1, 0.15) is 5.69 Å². The second kappa shape index (κ2) is 5.23. The molecule has 0 bridgehead atoms. The molecule has 1 spiro atoms. The molecule has 1 aliphatic heterocycles. The molecule has 0 radical (unpaired) electrons. The predicted octanol–water partition coefficient (Wildman–Crippen LogP) is 1.26. The Morgan fingerprint density at radius 1 is 1.40 bits per heavy atom. The molecule has 1 saturated heterocycles. The van der Waals surface area contributed by atoms with Gasteiger partial charge in [-0.25, -0.2) is 0 Å². The normalized spacial score (nSPS) is 29.2. The minimum Gasteiger partial charge on any atom is -0.356 e. The lowest BCUT2D eigenvalue weighted by molar-refractivity contribution is -0.129. The molecule has 1 aromatic heterocycles. The fourth-order valence-electron chi connectivity index (χ4n) is 3.39. The lowest BCUT2D eigenvalue weighted by Crippen LogP contribution is -2.45. The average Bonchev–Trinajstić information content (AvgIpc) is 2.81. The Morgan fingerprint density at radius 3 is 3.00 bits per heavy atom. The van der Waals surface area contributed by atoms with E-state index in [0.29, 0.717) is 5.69 Å². The van der Waals surface area contributed by atoms with Gasteiger partial charge in [0.05, 0.1) is 5.41 Å². The summed E-state index contributed by atoms with van der Waals surface area (Å²) in [6.07, 6.45) is 6.11. The summed E-state index contributed by atoms with van der Waals surface area (Å²) in [6.45, 7) is 0.764. The summed E-state index contributed by atoms with van der Waals surface area (Å²) >= 11 is 0. The maximum Gasteiger partial charge on any atom is 0.270 e. The molecule has 5 nitrogen and oxygen atoms in total. The minimum absolute atomic E-state index is 0.0714. The number of amides is 2. The van der Waals surface area contributed by atoms with Gasteiger partial charge in [-0.2, -0.15) is 0 Å². The summed E-state index contributed by atoms with van der Waals surface area (Å²) in [5, 5.41) is 5.95. The minimum atomic E-state index is -0.250. The third-order valence-electron chi connectivity index (χ3n) is 4.45. The predicted molar refractivity (Wildman–Crippen MR) is 74.0 cm³/mol. The highest BCUT2D eigenvalue weighted by Gasteiger charge is 2.45. The van der Waals surface area contributed by atoms with Crippen LogP contribution in [0, 0.1) is 5.41 Å². The molecule has 2 aliphatic rings. The van der Waals surface area contributed by atoms with Gasteiger partial charge in [0.2, 0.25) is 5.91 Å². The Hall–Kier alpha value is -1.91. The van der Waals surface area contributed by atoms with Gasteiger partial charge in [-0.15, -0.1) is 0 Å². The van der Waals surface area contributed by atoms with Crippen molar-refractivity contribution in [1.82, 2.24) is 15.6 Å². The summed E-state index contributed by atoms with van der Waals surface area (Å²) in [6, 6.07) is 5.36. The fraction of sp³-hybridized carbons (Fsp3) is 0.533. The van der Waals surface area contributed by atoms with Crippen LogP contribution in [0.15, 0.2) is 24.4 Å². The number of pyridine rings is 1. The van der Waals surface area contributed by atoms with E-state index in [2.05, 4.69) is 15.6 Å². The second-order valence-corrected chi connectivity index (χ2v) is 5.77. The molecule has 2 fully saturated rings. The third-order valence-corrected chi connectivity index (χ3v) is 4.45. The van der Waals surface area contributed by atoms with Crippen molar-refractivity contribution < 1.29 is 9.59 Å². The Morgan fingerprint density at radius 2 is 2.30 bits per heavy atom. The van der Waals surface area contributed by atoms with Crippen molar-refractivity contribution in [3.05, 3.63) is 30.1 Å². The van der Waals surface area contributed by atoms with Gasteiger partial charge in [-0.1, -0.05) is 12.5 Å². The van der Waals surface area contributed by atoms with Gasteiger partial charge in [0.25, 0.3) is 5.91 Å². The first-order valence-corrected chi connectivity index (χ1v) is 7.20. The van der Waals surface area contributed by atoms with Crippen LogP contribution in [-0.2, 0) is 4.79 Å². The quantitative estimate of drug-likeness (QED) is 0.852.